The van der Waals surface area contributed by atoms with Crippen LogP contribution in [0.2, 0.25) is 0 Å². The van der Waals surface area contributed by atoms with Gasteiger partial charge in [0.2, 0.25) is 0 Å². The highest BCUT2D eigenvalue weighted by Gasteiger charge is 2.26. The predicted octanol–water partition coefficient (Wildman–Crippen LogP) is 2.10. The molecule has 1 amide bonds. The van der Waals surface area contributed by atoms with Crippen LogP contribution < -0.4 is 0 Å². The molecular weight excluding hydrogens is 296 g/mol. The maximum atomic E-state index is 12.6. The molecule has 1 aromatic rings. The van der Waals surface area contributed by atoms with E-state index in [4.69, 9.17) is 4.74 Å². The third-order valence-corrected chi connectivity index (χ3v) is 5.50. The molecule has 1 atom stereocenters. The highest BCUT2D eigenvalue weighted by Crippen LogP contribution is 2.22. The van der Waals surface area contributed by atoms with Crippen LogP contribution in [0.3, 0.4) is 0 Å². The number of carbonyl (C=O) groups is 1. The molecule has 2 aliphatic heterocycles. The Morgan fingerprint density at radius 2 is 2.14 bits per heavy atom. The van der Waals surface area contributed by atoms with Crippen LogP contribution in [0.5, 0.6) is 0 Å². The first-order chi connectivity index (χ1) is 10.8. The van der Waals surface area contributed by atoms with Gasteiger partial charge in [-0.3, -0.25) is 9.69 Å². The van der Waals surface area contributed by atoms with Gasteiger partial charge in [-0.05, 0) is 30.4 Å². The minimum Gasteiger partial charge on any atom is -0.379 e. The lowest BCUT2D eigenvalue weighted by Crippen LogP contribution is -2.35. The number of amides is 1. The van der Waals surface area contributed by atoms with Gasteiger partial charge in [0.05, 0.1) is 13.2 Å². The third-order valence-electron chi connectivity index (χ3n) is 4.45. The van der Waals surface area contributed by atoms with E-state index in [2.05, 4.69) is 23.3 Å². The highest BCUT2D eigenvalue weighted by molar-refractivity contribution is 7.99. The van der Waals surface area contributed by atoms with E-state index in [1.54, 1.807) is 0 Å². The fourth-order valence-electron chi connectivity index (χ4n) is 3.11. The number of hydrogen-bond acceptors (Lipinski definition) is 4. The summed E-state index contributed by atoms with van der Waals surface area (Å²) >= 11 is 1.86. The summed E-state index contributed by atoms with van der Waals surface area (Å²) in [5.74, 6) is 0.181. The monoisotopic (exact) mass is 320 g/mol. The maximum Gasteiger partial charge on any atom is 0.253 e. The van der Waals surface area contributed by atoms with Crippen molar-refractivity contribution in [1.82, 2.24) is 9.80 Å². The maximum absolute atomic E-state index is 12.6. The second kappa shape index (κ2) is 7.49. The van der Waals surface area contributed by atoms with Crippen LogP contribution in [0.15, 0.2) is 24.3 Å². The Bertz CT molecular complexity index is 517. The van der Waals surface area contributed by atoms with Crippen LogP contribution >= 0.6 is 11.8 Å². The summed E-state index contributed by atoms with van der Waals surface area (Å²) in [6, 6.07) is 8.12. The Kier molecular flexibility index (Phi) is 5.39. The third kappa shape index (κ3) is 3.83. The van der Waals surface area contributed by atoms with Gasteiger partial charge in [0.1, 0.15) is 0 Å². The molecule has 0 spiro atoms. The molecule has 2 aliphatic rings. The van der Waals surface area contributed by atoms with E-state index < -0.39 is 0 Å². The number of thioether (sulfide) groups is 1. The second-order valence-electron chi connectivity index (χ2n) is 5.99. The molecule has 5 heteroatoms. The highest BCUT2D eigenvalue weighted by atomic mass is 32.2. The normalized spacial score (nSPS) is 23.0. The van der Waals surface area contributed by atoms with Crippen LogP contribution in [0, 0.1) is 0 Å². The summed E-state index contributed by atoms with van der Waals surface area (Å²) in [6.45, 7) is 6.23. The largest absolute Gasteiger partial charge is 0.379 e. The standard InChI is InChI=1S/C17H24N2O2S/c1-22-16-5-6-19(13-16)17(20)15-4-2-3-14(11-15)12-18-7-9-21-10-8-18/h2-4,11,16H,5-10,12-13H2,1H3/t16-/m1/s1. The van der Waals surface area contributed by atoms with Gasteiger partial charge in [-0.15, -0.1) is 0 Å². The summed E-state index contributed by atoms with van der Waals surface area (Å²) < 4.78 is 5.38. The molecule has 22 heavy (non-hydrogen) atoms. The van der Waals surface area contributed by atoms with Gasteiger partial charge in [-0.2, -0.15) is 11.8 Å². The molecule has 2 heterocycles. The zero-order chi connectivity index (χ0) is 15.4. The predicted molar refractivity (Wildman–Crippen MR) is 90.4 cm³/mol. The smallest absolute Gasteiger partial charge is 0.253 e. The molecule has 2 saturated heterocycles. The van der Waals surface area contributed by atoms with E-state index in [0.717, 1.165) is 57.9 Å². The van der Waals surface area contributed by atoms with Gasteiger partial charge < -0.3 is 9.64 Å². The molecule has 3 rings (SSSR count). The van der Waals surface area contributed by atoms with E-state index in [0.29, 0.717) is 5.25 Å². The van der Waals surface area contributed by atoms with Crippen molar-refractivity contribution in [1.29, 1.82) is 0 Å². The first kappa shape index (κ1) is 15.8. The van der Waals surface area contributed by atoms with Crippen molar-refractivity contribution in [2.45, 2.75) is 18.2 Å². The number of morpholine rings is 1. The van der Waals surface area contributed by atoms with Crippen LogP contribution in [0.4, 0.5) is 0 Å². The fourth-order valence-corrected chi connectivity index (χ4v) is 3.78. The van der Waals surface area contributed by atoms with Crippen LogP contribution in [0.25, 0.3) is 0 Å². The summed E-state index contributed by atoms with van der Waals surface area (Å²) in [5, 5.41) is 0.598. The molecule has 0 N–H and O–H groups in total. The Labute approximate surface area is 136 Å². The van der Waals surface area contributed by atoms with E-state index in [1.807, 2.05) is 28.8 Å². The van der Waals surface area contributed by atoms with E-state index in [1.165, 1.54) is 5.56 Å². The molecule has 4 nitrogen and oxygen atoms in total. The molecule has 0 aromatic heterocycles. The average molecular weight is 320 g/mol. The number of nitrogens with zero attached hydrogens (tertiary/aromatic N) is 2. The minimum atomic E-state index is 0.181. The molecule has 0 bridgehead atoms. The summed E-state index contributed by atoms with van der Waals surface area (Å²) in [6.07, 6.45) is 3.24. The second-order valence-corrected chi connectivity index (χ2v) is 7.12. The number of rotatable bonds is 4. The van der Waals surface area contributed by atoms with Gasteiger partial charge in [0, 0.05) is 43.5 Å². The zero-order valence-electron chi connectivity index (χ0n) is 13.2. The number of likely N-dealkylation sites (tertiary alicyclic amines) is 1. The topological polar surface area (TPSA) is 32.8 Å². The van der Waals surface area contributed by atoms with Crippen LogP contribution in [-0.2, 0) is 11.3 Å². The Morgan fingerprint density at radius 3 is 2.86 bits per heavy atom. The Morgan fingerprint density at radius 1 is 1.32 bits per heavy atom. The van der Waals surface area contributed by atoms with E-state index in [-0.39, 0.29) is 5.91 Å². The van der Waals surface area contributed by atoms with Crippen molar-refractivity contribution >= 4 is 17.7 Å². The lowest BCUT2D eigenvalue weighted by atomic mass is 10.1. The number of hydrogen-bond donors (Lipinski definition) is 0. The van der Waals surface area contributed by atoms with Crippen molar-refractivity contribution in [3.05, 3.63) is 35.4 Å². The minimum absolute atomic E-state index is 0.181. The lowest BCUT2D eigenvalue weighted by Gasteiger charge is -2.26. The average Bonchev–Trinajstić information content (AvgIpc) is 3.04. The molecule has 0 radical (unpaired) electrons. The van der Waals surface area contributed by atoms with Crippen LogP contribution in [0.1, 0.15) is 22.3 Å². The molecule has 0 unspecified atom stereocenters. The van der Waals surface area contributed by atoms with Gasteiger partial charge in [-0.25, -0.2) is 0 Å². The van der Waals surface area contributed by atoms with E-state index >= 15 is 0 Å². The van der Waals surface area contributed by atoms with Crippen molar-refractivity contribution in [3.8, 4) is 0 Å². The van der Waals surface area contributed by atoms with Gasteiger partial charge in [0.15, 0.2) is 0 Å². The quantitative estimate of drug-likeness (QED) is 0.850. The van der Waals surface area contributed by atoms with Gasteiger partial charge in [0.25, 0.3) is 5.91 Å². The Hall–Kier alpha value is -1.04. The summed E-state index contributed by atoms with van der Waals surface area (Å²) in [4.78, 5) is 17.0. The summed E-state index contributed by atoms with van der Waals surface area (Å²) in [5.41, 5.74) is 2.04. The number of benzene rings is 1. The van der Waals surface area contributed by atoms with E-state index in [9.17, 15) is 4.79 Å². The van der Waals surface area contributed by atoms with Crippen molar-refractivity contribution in [2.24, 2.45) is 0 Å². The molecule has 1 aromatic carbocycles. The Balaban J connectivity index is 1.64. The van der Waals surface area contributed by atoms with Crippen molar-refractivity contribution in [2.75, 3.05) is 45.6 Å². The SMILES string of the molecule is CS[C@@H]1CCN(C(=O)c2cccc(CN3CCOCC3)c2)C1. The van der Waals surface area contributed by atoms with Crippen LogP contribution in [-0.4, -0.2) is 66.6 Å². The lowest BCUT2D eigenvalue weighted by molar-refractivity contribution is 0.0341. The number of carbonyl (C=O) groups excluding carboxylic acids is 1. The molecule has 120 valence electrons. The number of ether oxygens (including phenoxy) is 1. The summed E-state index contributed by atoms with van der Waals surface area (Å²) in [7, 11) is 0. The van der Waals surface area contributed by atoms with Gasteiger partial charge >= 0.3 is 0 Å². The fraction of sp³-hybridized carbons (Fsp3) is 0.588. The molecule has 2 fully saturated rings. The first-order valence-electron chi connectivity index (χ1n) is 7.97. The van der Waals surface area contributed by atoms with Crippen molar-refractivity contribution in [3.63, 3.8) is 0 Å². The van der Waals surface area contributed by atoms with Crippen molar-refractivity contribution < 1.29 is 9.53 Å². The zero-order valence-corrected chi connectivity index (χ0v) is 14.0. The molecular formula is C17H24N2O2S. The molecule has 0 saturated carbocycles. The molecule has 0 aliphatic carbocycles. The van der Waals surface area contributed by atoms with Gasteiger partial charge in [-0.1, -0.05) is 12.1 Å². The first-order valence-corrected chi connectivity index (χ1v) is 9.26.